The van der Waals surface area contributed by atoms with E-state index in [0.717, 1.165) is 11.3 Å². The molecule has 1 atom stereocenters. The second-order valence-electron chi connectivity index (χ2n) is 5.71. The lowest BCUT2D eigenvalue weighted by Gasteiger charge is -2.15. The minimum Gasteiger partial charge on any atom is -0.478 e. The highest BCUT2D eigenvalue weighted by molar-refractivity contribution is 6.03. The van der Waals surface area contributed by atoms with Gasteiger partial charge in [0, 0.05) is 25.1 Å². The van der Waals surface area contributed by atoms with Crippen LogP contribution in [0.4, 0.5) is 0 Å². The van der Waals surface area contributed by atoms with E-state index in [0.29, 0.717) is 0 Å². The molecule has 0 spiro atoms. The Balaban J connectivity index is 1.76. The molecule has 3 rings (SSSR count). The van der Waals surface area contributed by atoms with Gasteiger partial charge in [-0.1, -0.05) is 12.1 Å². The Labute approximate surface area is 144 Å². The van der Waals surface area contributed by atoms with Crippen molar-refractivity contribution in [1.82, 2.24) is 19.7 Å². The zero-order valence-electron chi connectivity index (χ0n) is 13.9. The van der Waals surface area contributed by atoms with Crippen LogP contribution in [0.3, 0.4) is 0 Å². The van der Waals surface area contributed by atoms with Crippen molar-refractivity contribution in [2.24, 2.45) is 7.05 Å². The van der Waals surface area contributed by atoms with Gasteiger partial charge in [0.1, 0.15) is 11.3 Å². The second kappa shape index (κ2) is 6.64. The summed E-state index contributed by atoms with van der Waals surface area (Å²) in [4.78, 5) is 23.7. The second-order valence-corrected chi connectivity index (χ2v) is 5.71. The summed E-state index contributed by atoms with van der Waals surface area (Å²) in [6, 6.07) is 11.4. The van der Waals surface area contributed by atoms with Crippen molar-refractivity contribution in [3.8, 4) is 5.69 Å². The molecular weight excluding hydrogens is 320 g/mol. The Morgan fingerprint density at radius 2 is 1.80 bits per heavy atom. The predicted molar refractivity (Wildman–Crippen MR) is 91.8 cm³/mol. The molecule has 0 bridgehead atoms. The van der Waals surface area contributed by atoms with E-state index in [1.807, 2.05) is 60.3 Å². The number of hydrogen-bond acceptors (Lipinski definition) is 3. The summed E-state index contributed by atoms with van der Waals surface area (Å²) in [6.07, 6.45) is 5.08. The van der Waals surface area contributed by atoms with Gasteiger partial charge in [-0.2, -0.15) is 5.10 Å². The topological polar surface area (TPSA) is 89.2 Å². The number of nitrogens with one attached hydrogen (secondary N) is 1. The minimum atomic E-state index is -1.18. The SMILES string of the molecule is CC(NC(=O)c1c(C(=O)O)cnn1C)c1ccc(-n2cccc2)cc1. The number of amides is 1. The van der Waals surface area contributed by atoms with E-state index >= 15 is 0 Å². The van der Waals surface area contributed by atoms with Gasteiger partial charge in [0.15, 0.2) is 0 Å². The highest BCUT2D eigenvalue weighted by Crippen LogP contribution is 2.17. The summed E-state index contributed by atoms with van der Waals surface area (Å²) in [5.74, 6) is -1.65. The number of nitrogens with zero attached hydrogens (tertiary/aromatic N) is 3. The molecule has 1 aromatic carbocycles. The van der Waals surface area contributed by atoms with Crippen LogP contribution in [0.2, 0.25) is 0 Å². The van der Waals surface area contributed by atoms with Crippen molar-refractivity contribution < 1.29 is 14.7 Å². The largest absolute Gasteiger partial charge is 0.478 e. The standard InChI is InChI=1S/C18H18N4O3/c1-12(13-5-7-14(8-6-13)22-9-3-4-10-22)20-17(23)16-15(18(24)25)11-19-21(16)2/h3-12H,1-2H3,(H,20,23)(H,24,25). The van der Waals surface area contributed by atoms with Gasteiger partial charge in [-0.3, -0.25) is 9.48 Å². The van der Waals surface area contributed by atoms with Crippen LogP contribution in [-0.4, -0.2) is 31.3 Å². The maximum Gasteiger partial charge on any atom is 0.339 e. The zero-order chi connectivity index (χ0) is 18.0. The van der Waals surface area contributed by atoms with E-state index in [4.69, 9.17) is 5.11 Å². The molecule has 25 heavy (non-hydrogen) atoms. The van der Waals surface area contributed by atoms with Crippen molar-refractivity contribution in [3.63, 3.8) is 0 Å². The Morgan fingerprint density at radius 1 is 1.16 bits per heavy atom. The molecule has 1 amide bonds. The monoisotopic (exact) mass is 338 g/mol. The first-order valence-corrected chi connectivity index (χ1v) is 7.77. The van der Waals surface area contributed by atoms with Crippen LogP contribution in [0.5, 0.6) is 0 Å². The summed E-state index contributed by atoms with van der Waals surface area (Å²) in [5.41, 5.74) is 1.86. The van der Waals surface area contributed by atoms with Crippen molar-refractivity contribution in [2.45, 2.75) is 13.0 Å². The van der Waals surface area contributed by atoms with E-state index in [1.165, 1.54) is 17.9 Å². The number of hydrogen-bond donors (Lipinski definition) is 2. The molecule has 0 saturated carbocycles. The van der Waals surface area contributed by atoms with Crippen LogP contribution >= 0.6 is 0 Å². The summed E-state index contributed by atoms with van der Waals surface area (Å²) in [5, 5.41) is 15.8. The van der Waals surface area contributed by atoms with Crippen LogP contribution in [0.15, 0.2) is 55.0 Å². The Bertz CT molecular complexity index is 895. The van der Waals surface area contributed by atoms with Gasteiger partial charge in [0.05, 0.1) is 12.2 Å². The summed E-state index contributed by atoms with van der Waals surface area (Å²) >= 11 is 0. The quantitative estimate of drug-likeness (QED) is 0.747. The molecule has 2 N–H and O–H groups in total. The first-order chi connectivity index (χ1) is 12.0. The molecule has 7 nitrogen and oxygen atoms in total. The molecule has 2 heterocycles. The third-order valence-corrected chi connectivity index (χ3v) is 4.03. The lowest BCUT2D eigenvalue weighted by Crippen LogP contribution is -2.29. The lowest BCUT2D eigenvalue weighted by molar-refractivity contribution is 0.0690. The first-order valence-electron chi connectivity index (χ1n) is 7.77. The third-order valence-electron chi connectivity index (χ3n) is 4.03. The Kier molecular flexibility index (Phi) is 4.38. The summed E-state index contributed by atoms with van der Waals surface area (Å²) in [6.45, 7) is 1.85. The fourth-order valence-electron chi connectivity index (χ4n) is 2.65. The Morgan fingerprint density at radius 3 is 2.40 bits per heavy atom. The summed E-state index contributed by atoms with van der Waals surface area (Å²) < 4.78 is 3.25. The smallest absolute Gasteiger partial charge is 0.339 e. The number of carbonyl (C=O) groups excluding carboxylic acids is 1. The van der Waals surface area contributed by atoms with Crippen LogP contribution < -0.4 is 5.32 Å². The molecule has 0 saturated heterocycles. The van der Waals surface area contributed by atoms with Crippen molar-refractivity contribution in [1.29, 1.82) is 0 Å². The van der Waals surface area contributed by atoms with Crippen LogP contribution in [0.25, 0.3) is 5.69 Å². The van der Waals surface area contributed by atoms with E-state index in [1.54, 1.807) is 0 Å². The number of carboxylic acid groups (broad SMARTS) is 1. The minimum absolute atomic E-state index is 0.0308. The number of rotatable bonds is 5. The number of carboxylic acids is 1. The van der Waals surface area contributed by atoms with E-state index in [-0.39, 0.29) is 17.3 Å². The number of aromatic carboxylic acids is 1. The van der Waals surface area contributed by atoms with Crippen molar-refractivity contribution >= 4 is 11.9 Å². The van der Waals surface area contributed by atoms with Crippen LogP contribution in [0, 0.1) is 0 Å². The number of aromatic nitrogens is 3. The molecule has 1 unspecified atom stereocenters. The highest BCUT2D eigenvalue weighted by atomic mass is 16.4. The van der Waals surface area contributed by atoms with Gasteiger partial charge in [-0.15, -0.1) is 0 Å². The predicted octanol–water partition coefficient (Wildman–Crippen LogP) is 2.40. The molecule has 0 aliphatic heterocycles. The normalized spacial score (nSPS) is 11.9. The van der Waals surface area contributed by atoms with Crippen LogP contribution in [0.1, 0.15) is 39.4 Å². The molecule has 0 fully saturated rings. The Hall–Kier alpha value is -3.35. The molecular formula is C18H18N4O3. The first kappa shape index (κ1) is 16.5. The van der Waals surface area contributed by atoms with Gasteiger partial charge in [0.2, 0.25) is 0 Å². The maximum absolute atomic E-state index is 12.4. The number of carbonyl (C=O) groups is 2. The molecule has 0 radical (unpaired) electrons. The lowest BCUT2D eigenvalue weighted by atomic mass is 10.1. The average molecular weight is 338 g/mol. The van der Waals surface area contributed by atoms with Crippen molar-refractivity contribution in [2.75, 3.05) is 0 Å². The highest BCUT2D eigenvalue weighted by Gasteiger charge is 2.23. The van der Waals surface area contributed by atoms with Gasteiger partial charge >= 0.3 is 5.97 Å². The van der Waals surface area contributed by atoms with Gasteiger partial charge < -0.3 is 15.0 Å². The van der Waals surface area contributed by atoms with Gasteiger partial charge in [-0.05, 0) is 36.8 Å². The zero-order valence-corrected chi connectivity index (χ0v) is 13.9. The molecule has 0 aliphatic carbocycles. The van der Waals surface area contributed by atoms with E-state index in [9.17, 15) is 9.59 Å². The molecule has 3 aromatic rings. The van der Waals surface area contributed by atoms with Crippen LogP contribution in [-0.2, 0) is 7.05 Å². The molecule has 128 valence electrons. The van der Waals surface area contributed by atoms with E-state index in [2.05, 4.69) is 10.4 Å². The molecule has 0 aliphatic rings. The number of aryl methyl sites for hydroxylation is 1. The average Bonchev–Trinajstić information content (AvgIpc) is 3.24. The number of benzene rings is 1. The van der Waals surface area contributed by atoms with E-state index < -0.39 is 11.9 Å². The maximum atomic E-state index is 12.4. The fourth-order valence-corrected chi connectivity index (χ4v) is 2.65. The van der Waals surface area contributed by atoms with Gasteiger partial charge in [0.25, 0.3) is 5.91 Å². The molecule has 7 heteroatoms. The third kappa shape index (κ3) is 3.30. The van der Waals surface area contributed by atoms with Crippen molar-refractivity contribution in [3.05, 3.63) is 71.8 Å². The fraction of sp³-hybridized carbons (Fsp3) is 0.167. The summed E-state index contributed by atoms with van der Waals surface area (Å²) in [7, 11) is 1.54. The molecule has 2 aromatic heterocycles. The van der Waals surface area contributed by atoms with Gasteiger partial charge in [-0.25, -0.2) is 4.79 Å².